The maximum atomic E-state index is 13.8. The largest absolute Gasteiger partial charge is 0.496 e. The number of ether oxygens (including phenoxy) is 1. The van der Waals surface area contributed by atoms with Crippen molar-refractivity contribution in [3.63, 3.8) is 0 Å². The number of pyridine rings is 1. The number of nitrogen functional groups attached to an aromatic ring is 1. The van der Waals surface area contributed by atoms with Gasteiger partial charge in [-0.25, -0.2) is 4.98 Å². The molecule has 42 heavy (non-hydrogen) atoms. The summed E-state index contributed by atoms with van der Waals surface area (Å²) in [6, 6.07) is 1.68. The van der Waals surface area contributed by atoms with E-state index in [0.29, 0.717) is 47.3 Å². The quantitative estimate of drug-likeness (QED) is 0.215. The molecule has 1 fully saturated rings. The number of aliphatic hydroxyl groups excluding tert-OH is 1. The molecule has 2 aliphatic heterocycles. The highest BCUT2D eigenvalue weighted by atomic mass is 35.5. The van der Waals surface area contributed by atoms with E-state index in [9.17, 15) is 14.7 Å². The Bertz CT molecular complexity index is 1540. The number of anilines is 2. The molecular formula is C29H35ClN8O4. The van der Waals surface area contributed by atoms with Gasteiger partial charge in [0.15, 0.2) is 5.82 Å². The smallest absolute Gasteiger partial charge is 0.260 e. The first kappa shape index (κ1) is 29.5. The van der Waals surface area contributed by atoms with Crippen molar-refractivity contribution in [1.82, 2.24) is 30.2 Å². The second-order valence-electron chi connectivity index (χ2n) is 10.7. The van der Waals surface area contributed by atoms with Gasteiger partial charge in [-0.1, -0.05) is 11.6 Å². The highest BCUT2D eigenvalue weighted by Gasteiger charge is 2.37. The second-order valence-corrected chi connectivity index (χ2v) is 11.0. The van der Waals surface area contributed by atoms with E-state index in [-0.39, 0.29) is 47.5 Å². The number of β-amino-alcohol motifs (C(OH)–C–C–N with tert-alkyl or cyclic N) is 1. The third-order valence-corrected chi connectivity index (χ3v) is 8.03. The van der Waals surface area contributed by atoms with Crippen LogP contribution in [0.25, 0.3) is 11.6 Å². The van der Waals surface area contributed by atoms with Crippen LogP contribution in [-0.2, 0) is 11.3 Å². The molecule has 5 heterocycles. The molecule has 0 spiro atoms. The van der Waals surface area contributed by atoms with Gasteiger partial charge in [-0.15, -0.1) is 0 Å². The van der Waals surface area contributed by atoms with Crippen LogP contribution in [0.4, 0.5) is 11.8 Å². The number of aryl methyl sites for hydroxylation is 1. The molecule has 2 aliphatic rings. The first-order valence-corrected chi connectivity index (χ1v) is 14.2. The molecule has 0 bridgehead atoms. The number of carbonyl (C=O) groups excluding carboxylic acids is 2. The number of hydrogen-bond acceptors (Lipinski definition) is 9. The van der Waals surface area contributed by atoms with E-state index in [1.807, 2.05) is 13.8 Å². The molecule has 1 unspecified atom stereocenters. The van der Waals surface area contributed by atoms with Gasteiger partial charge >= 0.3 is 0 Å². The van der Waals surface area contributed by atoms with Crippen molar-refractivity contribution in [3.05, 3.63) is 57.3 Å². The number of carbonyl (C=O) groups is 2. The zero-order valence-electron chi connectivity index (χ0n) is 23.9. The Labute approximate surface area is 248 Å². The van der Waals surface area contributed by atoms with E-state index in [1.54, 1.807) is 31.6 Å². The third kappa shape index (κ3) is 5.96. The minimum absolute atomic E-state index is 0.0537. The highest BCUT2D eigenvalue weighted by Crippen LogP contribution is 2.41. The van der Waals surface area contributed by atoms with Gasteiger partial charge in [-0.05, 0) is 51.3 Å². The fraction of sp³-hybridized carbons (Fsp3) is 0.414. The molecule has 1 saturated heterocycles. The van der Waals surface area contributed by atoms with E-state index < -0.39 is 0 Å². The van der Waals surface area contributed by atoms with Crippen molar-refractivity contribution >= 4 is 46.8 Å². The number of H-pyrrole nitrogens is 1. The fourth-order valence-electron chi connectivity index (χ4n) is 5.66. The zero-order chi connectivity index (χ0) is 30.0. The Hall–Kier alpha value is -4.00. The van der Waals surface area contributed by atoms with Crippen LogP contribution < -0.4 is 20.7 Å². The molecule has 5 rings (SSSR count). The number of nitrogens with zero attached hydrogens (tertiary/aromatic N) is 5. The Balaban J connectivity index is 1.36. The standard InChI is InChI=1S/C29H35ClN8O4/c1-16-11-33-22(17(2)24(16)42-3)15-38-26-23(25(30)35-29(31)36-26)21(28(38)41)10-20-9-19(13-32-20)27(40)34-12-18-5-4-6-37(14-18)7-8-39/h9-11,13,18,32,39H,4-8,12,14-15H2,1-3H3,(H,34,40)(H2,31,35,36). The monoisotopic (exact) mass is 594 g/mol. The minimum Gasteiger partial charge on any atom is -0.496 e. The molecule has 3 aromatic rings. The maximum absolute atomic E-state index is 13.8. The average molecular weight is 595 g/mol. The summed E-state index contributed by atoms with van der Waals surface area (Å²) in [6.07, 6.45) is 7.01. The van der Waals surface area contributed by atoms with Gasteiger partial charge in [0.2, 0.25) is 5.95 Å². The molecule has 5 N–H and O–H groups in total. The van der Waals surface area contributed by atoms with E-state index in [2.05, 4.69) is 30.2 Å². The molecule has 2 amide bonds. The summed E-state index contributed by atoms with van der Waals surface area (Å²) in [6.45, 7) is 7.06. The lowest BCUT2D eigenvalue weighted by molar-refractivity contribution is -0.113. The molecule has 0 aliphatic carbocycles. The summed E-state index contributed by atoms with van der Waals surface area (Å²) in [4.78, 5) is 46.4. The molecule has 0 aromatic carbocycles. The molecular weight excluding hydrogens is 560 g/mol. The molecule has 12 nitrogen and oxygen atoms in total. The van der Waals surface area contributed by atoms with E-state index >= 15 is 0 Å². The van der Waals surface area contributed by atoms with Crippen molar-refractivity contribution in [2.45, 2.75) is 33.2 Å². The molecule has 1 atom stereocenters. The summed E-state index contributed by atoms with van der Waals surface area (Å²) in [5.74, 6) is 0.703. The number of methoxy groups -OCH3 is 1. The van der Waals surface area contributed by atoms with Gasteiger partial charge in [0.1, 0.15) is 10.9 Å². The van der Waals surface area contributed by atoms with Crippen LogP contribution in [0.3, 0.4) is 0 Å². The Kier molecular flexibility index (Phi) is 8.76. The van der Waals surface area contributed by atoms with Gasteiger partial charge in [-0.3, -0.25) is 19.5 Å². The maximum Gasteiger partial charge on any atom is 0.260 e. The van der Waals surface area contributed by atoms with Crippen LogP contribution in [-0.4, -0.2) is 81.7 Å². The van der Waals surface area contributed by atoms with E-state index in [4.69, 9.17) is 22.1 Å². The van der Waals surface area contributed by atoms with Crippen molar-refractivity contribution in [1.29, 1.82) is 0 Å². The number of nitrogens with one attached hydrogen (secondary N) is 2. The van der Waals surface area contributed by atoms with E-state index in [1.165, 1.54) is 4.90 Å². The Morgan fingerprint density at radius 2 is 2.17 bits per heavy atom. The number of amides is 2. The van der Waals surface area contributed by atoms with Crippen LogP contribution >= 0.6 is 11.6 Å². The summed E-state index contributed by atoms with van der Waals surface area (Å²) in [7, 11) is 1.59. The number of rotatable bonds is 9. The summed E-state index contributed by atoms with van der Waals surface area (Å²) in [5, 5.41) is 12.3. The summed E-state index contributed by atoms with van der Waals surface area (Å²) in [5.41, 5.74) is 9.86. The van der Waals surface area contributed by atoms with Gasteiger partial charge < -0.3 is 30.8 Å². The lowest BCUT2D eigenvalue weighted by Crippen LogP contribution is -2.41. The second kappa shape index (κ2) is 12.5. The number of fused-ring (bicyclic) bond motifs is 1. The fourth-order valence-corrected chi connectivity index (χ4v) is 5.93. The van der Waals surface area contributed by atoms with E-state index in [0.717, 1.165) is 37.1 Å². The van der Waals surface area contributed by atoms with Gasteiger partial charge in [-0.2, -0.15) is 4.98 Å². The van der Waals surface area contributed by atoms with Crippen LogP contribution in [0.15, 0.2) is 18.5 Å². The Morgan fingerprint density at radius 1 is 1.36 bits per heavy atom. The Morgan fingerprint density at radius 3 is 2.93 bits per heavy atom. The van der Waals surface area contributed by atoms with Crippen LogP contribution in [0.1, 0.15) is 51.3 Å². The van der Waals surface area contributed by atoms with Crippen LogP contribution in [0.2, 0.25) is 5.15 Å². The molecule has 0 saturated carbocycles. The molecule has 13 heteroatoms. The number of aromatic amines is 1. The van der Waals surface area contributed by atoms with Crippen LogP contribution in [0, 0.1) is 19.8 Å². The summed E-state index contributed by atoms with van der Waals surface area (Å²) < 4.78 is 5.53. The predicted molar refractivity (Wildman–Crippen MR) is 160 cm³/mol. The van der Waals surface area contributed by atoms with Crippen LogP contribution in [0.5, 0.6) is 5.75 Å². The lowest BCUT2D eigenvalue weighted by atomic mass is 9.98. The SMILES string of the molecule is COc1c(C)cnc(CN2C(=O)C(=Cc3cc(C(=O)NCC4CCCN(CCO)C4)c[nH]3)c3c(Cl)nc(N)nc32)c1C. The van der Waals surface area contributed by atoms with Gasteiger partial charge in [0.25, 0.3) is 11.8 Å². The zero-order valence-corrected chi connectivity index (χ0v) is 24.7. The number of halogens is 1. The molecule has 3 aromatic heterocycles. The summed E-state index contributed by atoms with van der Waals surface area (Å²) >= 11 is 6.49. The number of aliphatic hydroxyl groups is 1. The topological polar surface area (TPSA) is 163 Å². The van der Waals surface area contributed by atoms with Gasteiger partial charge in [0, 0.05) is 48.8 Å². The normalized spacial score (nSPS) is 18.0. The first-order valence-electron chi connectivity index (χ1n) is 13.9. The number of aromatic nitrogens is 4. The number of piperidine rings is 1. The average Bonchev–Trinajstić information content (AvgIpc) is 3.53. The van der Waals surface area contributed by atoms with Crippen molar-refractivity contribution in [2.24, 2.45) is 5.92 Å². The highest BCUT2D eigenvalue weighted by molar-refractivity contribution is 6.41. The van der Waals surface area contributed by atoms with Crippen molar-refractivity contribution in [3.8, 4) is 5.75 Å². The molecule has 0 radical (unpaired) electrons. The van der Waals surface area contributed by atoms with Crippen molar-refractivity contribution in [2.75, 3.05) is 50.5 Å². The number of nitrogens with two attached hydrogens (primary N) is 1. The molecule has 222 valence electrons. The lowest BCUT2D eigenvalue weighted by Gasteiger charge is -2.32. The van der Waals surface area contributed by atoms with Crippen molar-refractivity contribution < 1.29 is 19.4 Å². The predicted octanol–water partition coefficient (Wildman–Crippen LogP) is 2.58. The number of hydrogen-bond donors (Lipinski definition) is 4. The minimum atomic E-state index is -0.349. The first-order chi connectivity index (χ1) is 20.2. The third-order valence-electron chi connectivity index (χ3n) is 7.76. The van der Waals surface area contributed by atoms with Gasteiger partial charge in [0.05, 0.1) is 42.7 Å². The number of likely N-dealkylation sites (tertiary alicyclic amines) is 1.